The zero-order valence-electron chi connectivity index (χ0n) is 15.0. The van der Waals surface area contributed by atoms with Crippen molar-refractivity contribution in [1.29, 1.82) is 5.26 Å². The van der Waals surface area contributed by atoms with E-state index in [4.69, 9.17) is 10.00 Å². The minimum absolute atomic E-state index is 0.244. The summed E-state index contributed by atoms with van der Waals surface area (Å²) in [7, 11) is -3.36. The third-order valence-electron chi connectivity index (χ3n) is 4.18. The van der Waals surface area contributed by atoms with Crippen LogP contribution < -0.4 is 9.62 Å². The molecular weight excluding hydrogens is 382 g/mol. The first-order chi connectivity index (χ1) is 13.3. The number of ether oxygens (including phenoxy) is 1. The molecule has 0 unspecified atom stereocenters. The molecule has 144 valence electrons. The molecule has 0 saturated carbocycles. The van der Waals surface area contributed by atoms with Crippen LogP contribution in [0.2, 0.25) is 0 Å². The Bertz CT molecular complexity index is 1090. The van der Waals surface area contributed by atoms with Crippen LogP contribution in [0.1, 0.15) is 21.5 Å². The first kappa shape index (κ1) is 19.4. The molecule has 1 amide bonds. The average molecular weight is 399 g/mol. The van der Waals surface area contributed by atoms with Crippen molar-refractivity contribution in [1.82, 2.24) is 0 Å². The number of esters is 1. The van der Waals surface area contributed by atoms with Gasteiger partial charge in [0.05, 0.1) is 29.1 Å². The summed E-state index contributed by atoms with van der Waals surface area (Å²) in [6.07, 6.45) is 1.63. The largest absolute Gasteiger partial charge is 0.452 e. The lowest BCUT2D eigenvalue weighted by Gasteiger charge is -2.16. The van der Waals surface area contributed by atoms with Gasteiger partial charge >= 0.3 is 5.97 Å². The fraction of sp³-hybridized carbons (Fsp3) is 0.211. The van der Waals surface area contributed by atoms with Crippen molar-refractivity contribution in [2.24, 2.45) is 0 Å². The lowest BCUT2D eigenvalue weighted by molar-refractivity contribution is -0.119. The summed E-state index contributed by atoms with van der Waals surface area (Å²) in [6.45, 7) is -0.154. The van der Waals surface area contributed by atoms with Gasteiger partial charge in [-0.05, 0) is 48.4 Å². The van der Waals surface area contributed by atoms with E-state index in [9.17, 15) is 18.0 Å². The summed E-state index contributed by atoms with van der Waals surface area (Å²) < 4.78 is 29.8. The van der Waals surface area contributed by atoms with Crippen LogP contribution >= 0.6 is 0 Å². The maximum Gasteiger partial charge on any atom is 0.338 e. The number of sulfonamides is 1. The van der Waals surface area contributed by atoms with E-state index in [0.717, 1.165) is 11.8 Å². The molecule has 0 bridgehead atoms. The van der Waals surface area contributed by atoms with E-state index in [0.29, 0.717) is 29.9 Å². The molecule has 28 heavy (non-hydrogen) atoms. The summed E-state index contributed by atoms with van der Waals surface area (Å²) in [5.41, 5.74) is 2.36. The number of nitrogens with one attached hydrogen (secondary N) is 1. The van der Waals surface area contributed by atoms with Crippen LogP contribution in [0.5, 0.6) is 0 Å². The van der Waals surface area contributed by atoms with Gasteiger partial charge in [0.2, 0.25) is 10.0 Å². The number of rotatable bonds is 5. The van der Waals surface area contributed by atoms with Crippen molar-refractivity contribution in [3.05, 3.63) is 59.2 Å². The molecule has 8 nitrogen and oxygen atoms in total. The Morgan fingerprint density at radius 1 is 1.25 bits per heavy atom. The summed E-state index contributed by atoms with van der Waals surface area (Å²) in [4.78, 5) is 24.1. The van der Waals surface area contributed by atoms with Crippen molar-refractivity contribution >= 4 is 33.3 Å². The van der Waals surface area contributed by atoms with Crippen LogP contribution in [0.25, 0.3) is 0 Å². The zero-order valence-corrected chi connectivity index (χ0v) is 15.8. The van der Waals surface area contributed by atoms with Gasteiger partial charge in [-0.1, -0.05) is 6.07 Å². The van der Waals surface area contributed by atoms with Gasteiger partial charge in [-0.15, -0.1) is 0 Å². The Morgan fingerprint density at radius 2 is 2.04 bits per heavy atom. The number of carbonyl (C=O) groups is 2. The monoisotopic (exact) mass is 399 g/mol. The first-order valence-electron chi connectivity index (χ1n) is 8.36. The quantitative estimate of drug-likeness (QED) is 0.765. The number of nitriles is 1. The molecule has 2 aromatic rings. The SMILES string of the molecule is CS(=O)(=O)N1CCc2cc(C(=O)OCC(=O)Nc3cccc(C#N)c3)ccc21. The second kappa shape index (κ2) is 7.70. The second-order valence-corrected chi connectivity index (χ2v) is 8.15. The van der Waals surface area contributed by atoms with Gasteiger partial charge in [0.15, 0.2) is 6.61 Å². The smallest absolute Gasteiger partial charge is 0.338 e. The molecule has 1 heterocycles. The number of amides is 1. The average Bonchev–Trinajstić information content (AvgIpc) is 3.10. The molecule has 0 aliphatic carbocycles. The van der Waals surface area contributed by atoms with E-state index in [1.165, 1.54) is 16.4 Å². The van der Waals surface area contributed by atoms with Crippen LogP contribution in [0.4, 0.5) is 11.4 Å². The molecule has 1 aliphatic heterocycles. The van der Waals surface area contributed by atoms with Gasteiger partial charge in [-0.25, -0.2) is 13.2 Å². The van der Waals surface area contributed by atoms with Gasteiger partial charge in [-0.2, -0.15) is 5.26 Å². The van der Waals surface area contributed by atoms with E-state index in [-0.39, 0.29) is 5.56 Å². The maximum absolute atomic E-state index is 12.2. The molecule has 1 N–H and O–H groups in total. The Labute approximate surface area is 162 Å². The first-order valence-corrected chi connectivity index (χ1v) is 10.2. The Kier molecular flexibility index (Phi) is 5.33. The van der Waals surface area contributed by atoms with Gasteiger partial charge < -0.3 is 10.1 Å². The van der Waals surface area contributed by atoms with Crippen molar-refractivity contribution < 1.29 is 22.7 Å². The molecule has 0 saturated heterocycles. The van der Waals surface area contributed by atoms with Crippen LogP contribution in [-0.2, 0) is 26.0 Å². The number of carbonyl (C=O) groups excluding carboxylic acids is 2. The zero-order chi connectivity index (χ0) is 20.3. The molecule has 9 heteroatoms. The third-order valence-corrected chi connectivity index (χ3v) is 5.36. The minimum Gasteiger partial charge on any atom is -0.452 e. The molecule has 0 spiro atoms. The molecule has 0 atom stereocenters. The molecule has 0 radical (unpaired) electrons. The minimum atomic E-state index is -3.36. The summed E-state index contributed by atoms with van der Waals surface area (Å²) in [6, 6.07) is 12.9. The van der Waals surface area contributed by atoms with Crippen LogP contribution in [-0.4, -0.2) is 39.7 Å². The Hall–Kier alpha value is -3.38. The number of benzene rings is 2. The molecule has 2 aromatic carbocycles. The van der Waals surface area contributed by atoms with Crippen LogP contribution in [0, 0.1) is 11.3 Å². The van der Waals surface area contributed by atoms with E-state index < -0.39 is 28.5 Å². The van der Waals surface area contributed by atoms with Crippen molar-refractivity contribution in [3.63, 3.8) is 0 Å². The highest BCUT2D eigenvalue weighted by Gasteiger charge is 2.27. The Balaban J connectivity index is 1.61. The molecular formula is C19H17N3O5S. The number of hydrogen-bond donors (Lipinski definition) is 1. The Morgan fingerprint density at radius 3 is 2.75 bits per heavy atom. The standard InChI is InChI=1S/C19H17N3O5S/c1-28(25,26)22-8-7-14-10-15(5-6-17(14)22)19(24)27-12-18(23)21-16-4-2-3-13(9-16)11-20/h2-6,9-10H,7-8,12H2,1H3,(H,21,23). The van der Waals surface area contributed by atoms with Crippen LogP contribution in [0.15, 0.2) is 42.5 Å². The predicted octanol–water partition coefficient (Wildman–Crippen LogP) is 1.68. The summed E-state index contributed by atoms with van der Waals surface area (Å²) >= 11 is 0. The second-order valence-electron chi connectivity index (χ2n) is 6.25. The number of hydrogen-bond acceptors (Lipinski definition) is 6. The van der Waals surface area contributed by atoms with Gasteiger partial charge in [0.1, 0.15) is 0 Å². The fourth-order valence-corrected chi connectivity index (χ4v) is 3.88. The topological polar surface area (TPSA) is 117 Å². The van der Waals surface area contributed by atoms with E-state index in [2.05, 4.69) is 5.32 Å². The normalized spacial score (nSPS) is 12.8. The lowest BCUT2D eigenvalue weighted by atomic mass is 10.1. The summed E-state index contributed by atoms with van der Waals surface area (Å²) in [5, 5.41) is 11.4. The highest BCUT2D eigenvalue weighted by atomic mass is 32.2. The third kappa shape index (κ3) is 4.29. The molecule has 1 aliphatic rings. The van der Waals surface area contributed by atoms with Gasteiger partial charge in [-0.3, -0.25) is 9.10 Å². The highest BCUT2D eigenvalue weighted by Crippen LogP contribution is 2.30. The van der Waals surface area contributed by atoms with Crippen LogP contribution in [0.3, 0.4) is 0 Å². The fourth-order valence-electron chi connectivity index (χ4n) is 2.92. The molecule has 3 rings (SSSR count). The van der Waals surface area contributed by atoms with Gasteiger partial charge in [0, 0.05) is 12.2 Å². The number of nitrogens with zero attached hydrogens (tertiary/aromatic N) is 2. The van der Waals surface area contributed by atoms with Crippen molar-refractivity contribution in [3.8, 4) is 6.07 Å². The number of anilines is 2. The maximum atomic E-state index is 12.2. The summed E-state index contributed by atoms with van der Waals surface area (Å²) in [5.74, 6) is -1.21. The van der Waals surface area contributed by atoms with E-state index in [1.54, 1.807) is 30.3 Å². The molecule has 0 fully saturated rings. The molecule has 0 aromatic heterocycles. The van der Waals surface area contributed by atoms with E-state index >= 15 is 0 Å². The van der Waals surface area contributed by atoms with E-state index in [1.807, 2.05) is 6.07 Å². The van der Waals surface area contributed by atoms with Gasteiger partial charge in [0.25, 0.3) is 5.91 Å². The predicted molar refractivity (Wildman–Crippen MR) is 102 cm³/mol. The lowest BCUT2D eigenvalue weighted by Crippen LogP contribution is -2.27. The van der Waals surface area contributed by atoms with Crippen molar-refractivity contribution in [2.75, 3.05) is 29.0 Å². The van der Waals surface area contributed by atoms with Crippen molar-refractivity contribution in [2.45, 2.75) is 6.42 Å². The number of fused-ring (bicyclic) bond motifs is 1. The highest BCUT2D eigenvalue weighted by molar-refractivity contribution is 7.92.